The third-order valence-electron chi connectivity index (χ3n) is 2.05. The Morgan fingerprint density at radius 1 is 1.62 bits per heavy atom. The summed E-state index contributed by atoms with van der Waals surface area (Å²) >= 11 is 0. The zero-order valence-corrected chi connectivity index (χ0v) is 8.23. The van der Waals surface area contributed by atoms with Gasteiger partial charge in [0.25, 0.3) is 0 Å². The fourth-order valence-electron chi connectivity index (χ4n) is 0.988. The first-order valence-corrected chi connectivity index (χ1v) is 4.28. The molecule has 1 N–H and O–H groups in total. The SMILES string of the molecule is Cc1nccc(N(C)C(C)CO)n1. The highest BCUT2D eigenvalue weighted by Crippen LogP contribution is 2.10. The molecule has 0 bridgehead atoms. The highest BCUT2D eigenvalue weighted by atomic mass is 16.3. The van der Waals surface area contributed by atoms with Gasteiger partial charge in [-0.2, -0.15) is 0 Å². The summed E-state index contributed by atoms with van der Waals surface area (Å²) in [5.41, 5.74) is 0. The summed E-state index contributed by atoms with van der Waals surface area (Å²) in [4.78, 5) is 10.2. The number of hydrogen-bond donors (Lipinski definition) is 1. The number of rotatable bonds is 3. The van der Waals surface area contributed by atoms with E-state index >= 15 is 0 Å². The van der Waals surface area contributed by atoms with Gasteiger partial charge in [-0.15, -0.1) is 0 Å². The van der Waals surface area contributed by atoms with Crippen molar-refractivity contribution in [3.05, 3.63) is 18.1 Å². The minimum absolute atomic E-state index is 0.0781. The van der Waals surface area contributed by atoms with Crippen LogP contribution in [-0.4, -0.2) is 34.8 Å². The smallest absolute Gasteiger partial charge is 0.132 e. The fourth-order valence-corrected chi connectivity index (χ4v) is 0.988. The maximum Gasteiger partial charge on any atom is 0.132 e. The van der Waals surface area contributed by atoms with Gasteiger partial charge in [0.05, 0.1) is 12.6 Å². The van der Waals surface area contributed by atoms with Gasteiger partial charge < -0.3 is 10.0 Å². The lowest BCUT2D eigenvalue weighted by Gasteiger charge is -2.23. The van der Waals surface area contributed by atoms with E-state index in [2.05, 4.69) is 9.97 Å². The molecule has 13 heavy (non-hydrogen) atoms. The number of nitrogens with zero attached hydrogens (tertiary/aromatic N) is 3. The van der Waals surface area contributed by atoms with Crippen molar-refractivity contribution in [3.63, 3.8) is 0 Å². The lowest BCUT2D eigenvalue weighted by atomic mass is 10.3. The average Bonchev–Trinajstić information content (AvgIpc) is 2.15. The van der Waals surface area contributed by atoms with E-state index in [1.54, 1.807) is 6.20 Å². The van der Waals surface area contributed by atoms with Gasteiger partial charge in [-0.1, -0.05) is 0 Å². The van der Waals surface area contributed by atoms with E-state index in [1.807, 2.05) is 31.9 Å². The molecule has 72 valence electrons. The van der Waals surface area contributed by atoms with Crippen LogP contribution in [0.1, 0.15) is 12.7 Å². The molecule has 0 aliphatic rings. The Kier molecular flexibility index (Phi) is 3.19. The number of hydrogen-bond acceptors (Lipinski definition) is 4. The van der Waals surface area contributed by atoms with Crippen LogP contribution in [0.15, 0.2) is 12.3 Å². The molecule has 0 saturated carbocycles. The van der Waals surface area contributed by atoms with E-state index in [0.717, 1.165) is 11.6 Å². The van der Waals surface area contributed by atoms with Crippen molar-refractivity contribution in [2.24, 2.45) is 0 Å². The molecule has 0 spiro atoms. The van der Waals surface area contributed by atoms with Crippen LogP contribution in [0.4, 0.5) is 5.82 Å². The standard InChI is InChI=1S/C9H15N3O/c1-7(6-13)12(3)9-4-5-10-8(2)11-9/h4-5,7,13H,6H2,1-3H3. The number of aromatic nitrogens is 2. The molecule has 1 aromatic heterocycles. The van der Waals surface area contributed by atoms with Gasteiger partial charge in [0.1, 0.15) is 11.6 Å². The van der Waals surface area contributed by atoms with Gasteiger partial charge >= 0.3 is 0 Å². The summed E-state index contributed by atoms with van der Waals surface area (Å²) in [6, 6.07) is 1.91. The Morgan fingerprint density at radius 2 is 2.31 bits per heavy atom. The first-order valence-electron chi connectivity index (χ1n) is 4.28. The summed E-state index contributed by atoms with van der Waals surface area (Å²) < 4.78 is 0. The maximum atomic E-state index is 8.95. The number of aliphatic hydroxyl groups is 1. The molecule has 0 aromatic carbocycles. The van der Waals surface area contributed by atoms with Gasteiger partial charge in [0, 0.05) is 13.2 Å². The highest BCUT2D eigenvalue weighted by molar-refractivity contribution is 5.37. The van der Waals surface area contributed by atoms with Crippen molar-refractivity contribution >= 4 is 5.82 Å². The molecule has 1 rings (SSSR count). The van der Waals surface area contributed by atoms with Crippen LogP contribution >= 0.6 is 0 Å². The van der Waals surface area contributed by atoms with Crippen LogP contribution in [0.2, 0.25) is 0 Å². The zero-order chi connectivity index (χ0) is 9.84. The lowest BCUT2D eigenvalue weighted by Crippen LogP contribution is -2.32. The van der Waals surface area contributed by atoms with E-state index < -0.39 is 0 Å². The van der Waals surface area contributed by atoms with E-state index in [1.165, 1.54) is 0 Å². The van der Waals surface area contributed by atoms with Crippen LogP contribution in [0.5, 0.6) is 0 Å². The van der Waals surface area contributed by atoms with Crippen molar-refractivity contribution in [1.82, 2.24) is 9.97 Å². The molecular formula is C9H15N3O. The quantitative estimate of drug-likeness (QED) is 0.742. The van der Waals surface area contributed by atoms with Crippen LogP contribution in [0, 0.1) is 6.92 Å². The van der Waals surface area contributed by atoms with Crippen molar-refractivity contribution in [2.45, 2.75) is 19.9 Å². The van der Waals surface area contributed by atoms with E-state index in [0.29, 0.717) is 0 Å². The molecule has 0 amide bonds. The van der Waals surface area contributed by atoms with E-state index in [9.17, 15) is 0 Å². The normalized spacial score (nSPS) is 12.6. The van der Waals surface area contributed by atoms with Crippen LogP contribution in [0.25, 0.3) is 0 Å². The number of aryl methyl sites for hydroxylation is 1. The maximum absolute atomic E-state index is 8.95. The van der Waals surface area contributed by atoms with Gasteiger partial charge in [-0.3, -0.25) is 0 Å². The molecular weight excluding hydrogens is 166 g/mol. The molecule has 0 fully saturated rings. The van der Waals surface area contributed by atoms with Crippen LogP contribution in [-0.2, 0) is 0 Å². The van der Waals surface area contributed by atoms with Crippen molar-refractivity contribution in [3.8, 4) is 0 Å². The van der Waals surface area contributed by atoms with Crippen molar-refractivity contribution in [1.29, 1.82) is 0 Å². The predicted molar refractivity (Wildman–Crippen MR) is 51.7 cm³/mol. The molecule has 1 aromatic rings. The molecule has 0 radical (unpaired) electrons. The number of anilines is 1. The first kappa shape index (κ1) is 9.92. The summed E-state index contributed by atoms with van der Waals surface area (Å²) in [7, 11) is 1.91. The Bertz CT molecular complexity index is 277. The third kappa shape index (κ3) is 2.39. The molecule has 0 aliphatic carbocycles. The second-order valence-corrected chi connectivity index (χ2v) is 3.10. The molecule has 1 atom stereocenters. The van der Waals surface area contributed by atoms with Crippen LogP contribution < -0.4 is 4.90 Å². The molecule has 1 heterocycles. The number of aliphatic hydroxyl groups excluding tert-OH is 1. The van der Waals surface area contributed by atoms with Gasteiger partial charge in [0.2, 0.25) is 0 Å². The molecule has 4 nitrogen and oxygen atoms in total. The molecule has 0 aliphatic heterocycles. The second-order valence-electron chi connectivity index (χ2n) is 3.10. The third-order valence-corrected chi connectivity index (χ3v) is 2.05. The van der Waals surface area contributed by atoms with E-state index in [-0.39, 0.29) is 12.6 Å². The Hall–Kier alpha value is -1.16. The molecule has 0 saturated heterocycles. The summed E-state index contributed by atoms with van der Waals surface area (Å²) in [5, 5.41) is 8.95. The summed E-state index contributed by atoms with van der Waals surface area (Å²) in [6.07, 6.45) is 1.72. The summed E-state index contributed by atoms with van der Waals surface area (Å²) in [6.45, 7) is 3.91. The van der Waals surface area contributed by atoms with Crippen LogP contribution in [0.3, 0.4) is 0 Å². The van der Waals surface area contributed by atoms with Crippen molar-refractivity contribution < 1.29 is 5.11 Å². The van der Waals surface area contributed by atoms with Gasteiger partial charge in [-0.05, 0) is 19.9 Å². The first-order chi connectivity index (χ1) is 6.15. The fraction of sp³-hybridized carbons (Fsp3) is 0.556. The lowest BCUT2D eigenvalue weighted by molar-refractivity contribution is 0.269. The van der Waals surface area contributed by atoms with E-state index in [4.69, 9.17) is 5.11 Å². The molecule has 4 heteroatoms. The minimum Gasteiger partial charge on any atom is -0.394 e. The topological polar surface area (TPSA) is 49.2 Å². The number of likely N-dealkylation sites (N-methyl/N-ethyl adjacent to an activating group) is 1. The Morgan fingerprint density at radius 3 is 2.85 bits per heavy atom. The second kappa shape index (κ2) is 4.18. The highest BCUT2D eigenvalue weighted by Gasteiger charge is 2.09. The van der Waals surface area contributed by atoms with Gasteiger partial charge in [-0.25, -0.2) is 9.97 Å². The average molecular weight is 181 g/mol. The Labute approximate surface area is 78.2 Å². The molecule has 1 unspecified atom stereocenters. The monoisotopic (exact) mass is 181 g/mol. The summed E-state index contributed by atoms with van der Waals surface area (Å²) in [5.74, 6) is 1.59. The minimum atomic E-state index is 0.0781. The zero-order valence-electron chi connectivity index (χ0n) is 8.23. The largest absolute Gasteiger partial charge is 0.394 e. The Balaban J connectivity index is 2.82. The van der Waals surface area contributed by atoms with Gasteiger partial charge in [0.15, 0.2) is 0 Å². The van der Waals surface area contributed by atoms with Crippen molar-refractivity contribution in [2.75, 3.05) is 18.6 Å². The predicted octanol–water partition coefficient (Wildman–Crippen LogP) is 0.602.